The lowest BCUT2D eigenvalue weighted by Gasteiger charge is -2.46. The molecule has 4 saturated heterocycles. The minimum Gasteiger partial charge on any atom is -0.485 e. The van der Waals surface area contributed by atoms with Crippen molar-refractivity contribution in [1.82, 2.24) is 9.88 Å². The Morgan fingerprint density at radius 3 is 2.68 bits per heavy atom. The maximum absolute atomic E-state index is 13.8. The molecule has 1 spiro atoms. The fraction of sp³-hybridized carbons (Fsp3) is 0.609. The molecule has 4 aliphatic rings. The van der Waals surface area contributed by atoms with Gasteiger partial charge in [0.25, 0.3) is 6.01 Å². The van der Waals surface area contributed by atoms with E-state index >= 15 is 0 Å². The molecule has 0 unspecified atom stereocenters. The number of oxazole rings is 1. The van der Waals surface area contributed by atoms with Crippen molar-refractivity contribution in [3.8, 4) is 5.75 Å². The molecule has 0 aliphatic carbocycles. The average molecular weight is 429 g/mol. The zero-order chi connectivity index (χ0) is 20.8. The second-order valence-corrected chi connectivity index (χ2v) is 9.29. The highest BCUT2D eigenvalue weighted by molar-refractivity contribution is 5.38. The summed E-state index contributed by atoms with van der Waals surface area (Å²) in [5.74, 6) is 0.841. The first kappa shape index (κ1) is 19.5. The normalized spacial score (nSPS) is 26.7. The Morgan fingerprint density at radius 2 is 1.97 bits per heavy atom. The van der Waals surface area contributed by atoms with Gasteiger partial charge in [-0.25, -0.2) is 9.37 Å². The Kier molecular flexibility index (Phi) is 4.89. The van der Waals surface area contributed by atoms with Crippen molar-refractivity contribution in [1.29, 1.82) is 0 Å². The van der Waals surface area contributed by atoms with E-state index in [1.165, 1.54) is 6.07 Å². The summed E-state index contributed by atoms with van der Waals surface area (Å²) in [6.45, 7) is 5.72. The van der Waals surface area contributed by atoms with Crippen molar-refractivity contribution >= 4 is 6.01 Å². The van der Waals surface area contributed by atoms with E-state index in [-0.39, 0.29) is 17.5 Å². The number of likely N-dealkylation sites (tertiary alicyclic amines) is 1. The van der Waals surface area contributed by atoms with Crippen molar-refractivity contribution < 1.29 is 23.0 Å². The van der Waals surface area contributed by atoms with Crippen LogP contribution in [0.4, 0.5) is 10.4 Å². The van der Waals surface area contributed by atoms with Gasteiger partial charge in [-0.2, -0.15) is 0 Å². The predicted molar refractivity (Wildman–Crippen MR) is 111 cm³/mol. The monoisotopic (exact) mass is 429 g/mol. The Balaban J connectivity index is 1.05. The van der Waals surface area contributed by atoms with Crippen molar-refractivity contribution in [2.75, 3.05) is 50.9 Å². The lowest BCUT2D eigenvalue weighted by molar-refractivity contribution is -0.0802. The van der Waals surface area contributed by atoms with E-state index in [4.69, 9.17) is 18.6 Å². The zero-order valence-corrected chi connectivity index (χ0v) is 17.5. The summed E-state index contributed by atoms with van der Waals surface area (Å²) in [6.07, 6.45) is 6.50. The molecule has 0 N–H and O–H groups in total. The minimum absolute atomic E-state index is 0.0471. The number of halogens is 1. The Morgan fingerprint density at radius 1 is 1.13 bits per heavy atom. The van der Waals surface area contributed by atoms with Gasteiger partial charge < -0.3 is 23.5 Å². The quantitative estimate of drug-likeness (QED) is 0.724. The summed E-state index contributed by atoms with van der Waals surface area (Å²) >= 11 is 0. The smallest absolute Gasteiger partial charge is 0.297 e. The molecule has 0 radical (unpaired) electrons. The largest absolute Gasteiger partial charge is 0.485 e. The van der Waals surface area contributed by atoms with E-state index in [1.807, 2.05) is 6.07 Å². The maximum Gasteiger partial charge on any atom is 0.297 e. The third kappa shape index (κ3) is 3.70. The summed E-state index contributed by atoms with van der Waals surface area (Å²) in [7, 11) is 0. The number of nitrogens with zero attached hydrogens (tertiary/aromatic N) is 3. The van der Waals surface area contributed by atoms with Gasteiger partial charge in [0.1, 0.15) is 29.5 Å². The molecule has 4 aliphatic heterocycles. The molecule has 6 rings (SSSR count). The Labute approximate surface area is 181 Å². The molecule has 0 bridgehead atoms. The van der Waals surface area contributed by atoms with Crippen LogP contribution < -0.4 is 9.64 Å². The number of piperidine rings is 1. The first-order valence-corrected chi connectivity index (χ1v) is 11.2. The SMILES string of the molecule is Fc1ccc(C2CCN([C@@H]3COC4(C3)CN(c3ncco3)C4)CC2)c(OC2COC2)c1. The molecule has 0 amide bonds. The first-order valence-electron chi connectivity index (χ1n) is 11.2. The fourth-order valence-electron chi connectivity index (χ4n) is 5.42. The third-order valence-corrected chi connectivity index (χ3v) is 7.20. The van der Waals surface area contributed by atoms with Crippen LogP contribution in [-0.2, 0) is 9.47 Å². The van der Waals surface area contributed by atoms with Crippen LogP contribution in [0.2, 0.25) is 0 Å². The van der Waals surface area contributed by atoms with Crippen LogP contribution in [-0.4, -0.2) is 73.6 Å². The van der Waals surface area contributed by atoms with Crippen LogP contribution in [0.15, 0.2) is 35.1 Å². The highest BCUT2D eigenvalue weighted by atomic mass is 19.1. The number of hydrogen-bond acceptors (Lipinski definition) is 7. The Hall–Kier alpha value is -2.16. The van der Waals surface area contributed by atoms with Gasteiger partial charge in [0.15, 0.2) is 0 Å². The van der Waals surface area contributed by atoms with E-state index in [1.54, 1.807) is 18.5 Å². The van der Waals surface area contributed by atoms with Crippen molar-refractivity contribution in [2.24, 2.45) is 0 Å². The molecule has 2 aromatic rings. The van der Waals surface area contributed by atoms with Crippen molar-refractivity contribution in [3.63, 3.8) is 0 Å². The Bertz CT molecular complexity index is 906. The lowest BCUT2D eigenvalue weighted by atomic mass is 9.86. The third-order valence-electron chi connectivity index (χ3n) is 7.20. The summed E-state index contributed by atoms with van der Waals surface area (Å²) in [5.41, 5.74) is 1.08. The molecular weight excluding hydrogens is 401 g/mol. The van der Waals surface area contributed by atoms with Gasteiger partial charge in [-0.1, -0.05) is 6.07 Å². The highest BCUT2D eigenvalue weighted by Gasteiger charge is 2.52. The van der Waals surface area contributed by atoms with Gasteiger partial charge in [-0.3, -0.25) is 4.90 Å². The molecule has 4 fully saturated rings. The second-order valence-electron chi connectivity index (χ2n) is 9.29. The van der Waals surface area contributed by atoms with Crippen LogP contribution in [0, 0.1) is 5.82 Å². The molecule has 1 aromatic carbocycles. The molecule has 0 saturated carbocycles. The summed E-state index contributed by atoms with van der Waals surface area (Å²) in [4.78, 5) is 8.94. The topological polar surface area (TPSA) is 60.2 Å². The second kappa shape index (κ2) is 7.76. The zero-order valence-electron chi connectivity index (χ0n) is 17.5. The fourth-order valence-corrected chi connectivity index (χ4v) is 5.42. The summed E-state index contributed by atoms with van der Waals surface area (Å²) in [5, 5.41) is 0. The number of ether oxygens (including phenoxy) is 3. The molecular formula is C23H28FN3O4. The van der Waals surface area contributed by atoms with Crippen molar-refractivity contribution in [3.05, 3.63) is 42.0 Å². The van der Waals surface area contributed by atoms with Gasteiger partial charge >= 0.3 is 0 Å². The number of hydrogen-bond donors (Lipinski definition) is 0. The predicted octanol–water partition coefficient (Wildman–Crippen LogP) is 2.82. The van der Waals surface area contributed by atoms with Crippen LogP contribution in [0.3, 0.4) is 0 Å². The minimum atomic E-state index is -0.246. The van der Waals surface area contributed by atoms with Crippen molar-refractivity contribution in [2.45, 2.75) is 42.9 Å². The maximum atomic E-state index is 13.8. The molecule has 166 valence electrons. The molecule has 7 nitrogen and oxygen atoms in total. The molecule has 1 atom stereocenters. The lowest BCUT2D eigenvalue weighted by Crippen LogP contribution is -2.62. The first-order chi connectivity index (χ1) is 15.2. The average Bonchev–Trinajstić information content (AvgIpc) is 3.40. The van der Waals surface area contributed by atoms with E-state index in [0.717, 1.165) is 57.6 Å². The van der Waals surface area contributed by atoms with Gasteiger partial charge in [-0.05, 0) is 49.9 Å². The number of anilines is 1. The van der Waals surface area contributed by atoms with Crippen LogP contribution in [0.25, 0.3) is 0 Å². The molecule has 1 aromatic heterocycles. The highest BCUT2D eigenvalue weighted by Crippen LogP contribution is 2.41. The standard InChI is InChI=1S/C23H28FN3O4/c24-17-1-2-20(21(9-17)31-19-12-28-13-19)16-3-6-26(7-4-16)18-10-23(30-11-18)14-27(15-23)22-25-5-8-29-22/h1-2,5,8-9,16,18-19H,3-4,6-7,10-15H2/t18-/m0/s1. The van der Waals surface area contributed by atoms with Gasteiger partial charge in [0.2, 0.25) is 0 Å². The van der Waals surface area contributed by atoms with Crippen LogP contribution in [0.5, 0.6) is 5.75 Å². The van der Waals surface area contributed by atoms with Gasteiger partial charge in [0, 0.05) is 12.1 Å². The molecule has 31 heavy (non-hydrogen) atoms. The molecule has 8 heteroatoms. The van der Waals surface area contributed by atoms with E-state index in [2.05, 4.69) is 14.8 Å². The van der Waals surface area contributed by atoms with E-state index in [0.29, 0.717) is 36.9 Å². The number of benzene rings is 1. The summed E-state index contributed by atoms with van der Waals surface area (Å²) < 4.78 is 36.7. The van der Waals surface area contributed by atoms with Crippen LogP contribution >= 0.6 is 0 Å². The van der Waals surface area contributed by atoms with E-state index < -0.39 is 0 Å². The number of rotatable bonds is 5. The van der Waals surface area contributed by atoms with Gasteiger partial charge in [0.05, 0.1) is 39.1 Å². The van der Waals surface area contributed by atoms with Gasteiger partial charge in [-0.15, -0.1) is 0 Å². The van der Waals surface area contributed by atoms with Crippen LogP contribution in [0.1, 0.15) is 30.7 Å². The summed E-state index contributed by atoms with van der Waals surface area (Å²) in [6, 6.07) is 6.14. The number of aromatic nitrogens is 1. The molecule has 5 heterocycles. The van der Waals surface area contributed by atoms with E-state index in [9.17, 15) is 4.39 Å².